The number of alkyl halides is 3. The number of nitrogens with one attached hydrogen (secondary N) is 2. The van der Waals surface area contributed by atoms with E-state index in [0.717, 1.165) is 23.3 Å². The van der Waals surface area contributed by atoms with Gasteiger partial charge in [-0.1, -0.05) is 48.0 Å². The second-order valence-electron chi connectivity index (χ2n) is 7.58. The first-order valence-electron chi connectivity index (χ1n) is 10.3. The Morgan fingerprint density at radius 1 is 0.818 bits per heavy atom. The fourth-order valence-corrected chi connectivity index (χ4v) is 3.10. The molecule has 3 amide bonds. The molecule has 3 aromatic rings. The number of hydrogen-bond acceptors (Lipinski definition) is 2. The first-order valence-corrected chi connectivity index (χ1v) is 10.3. The molecule has 0 aliphatic rings. The molecule has 33 heavy (non-hydrogen) atoms. The smallest absolute Gasteiger partial charge is 0.326 e. The number of carbonyl (C=O) groups excluding carboxylic acids is 2. The van der Waals surface area contributed by atoms with E-state index < -0.39 is 17.6 Å². The number of nitrogens with zero attached hydrogens (tertiary/aromatic N) is 1. The van der Waals surface area contributed by atoms with Crippen LogP contribution < -0.4 is 10.6 Å². The minimum absolute atomic E-state index is 0.0187. The Bertz CT molecular complexity index is 1070. The number of aryl methyl sites for hydroxylation is 1. The zero-order chi connectivity index (χ0) is 23.8. The molecule has 0 heterocycles. The van der Waals surface area contributed by atoms with Gasteiger partial charge in [-0.25, -0.2) is 4.79 Å². The second-order valence-corrected chi connectivity index (χ2v) is 7.58. The first kappa shape index (κ1) is 23.8. The van der Waals surface area contributed by atoms with E-state index in [0.29, 0.717) is 12.2 Å². The van der Waals surface area contributed by atoms with Crippen molar-refractivity contribution in [1.82, 2.24) is 4.90 Å². The number of anilines is 2. The molecule has 3 aromatic carbocycles. The summed E-state index contributed by atoms with van der Waals surface area (Å²) in [4.78, 5) is 26.8. The lowest BCUT2D eigenvalue weighted by Crippen LogP contribution is -2.36. The summed E-state index contributed by atoms with van der Waals surface area (Å²) in [7, 11) is 0. The SMILES string of the molecule is Cc1ccc(NC(=O)N(CCC(=O)Nc2ccc(C(F)(F)F)cc2)Cc2ccccc2)cc1. The van der Waals surface area contributed by atoms with Crippen molar-refractivity contribution in [2.24, 2.45) is 0 Å². The molecule has 0 saturated carbocycles. The van der Waals surface area contributed by atoms with Gasteiger partial charge in [0, 0.05) is 30.9 Å². The zero-order valence-electron chi connectivity index (χ0n) is 18.0. The van der Waals surface area contributed by atoms with Crippen LogP contribution in [0.3, 0.4) is 0 Å². The number of urea groups is 1. The average molecular weight is 455 g/mol. The maximum Gasteiger partial charge on any atom is 0.416 e. The molecule has 3 rings (SSSR count). The predicted molar refractivity (Wildman–Crippen MR) is 122 cm³/mol. The Hall–Kier alpha value is -3.81. The quantitative estimate of drug-likeness (QED) is 0.454. The van der Waals surface area contributed by atoms with E-state index in [9.17, 15) is 22.8 Å². The summed E-state index contributed by atoms with van der Waals surface area (Å²) in [5, 5.41) is 5.40. The molecular weight excluding hydrogens is 431 g/mol. The molecule has 0 aromatic heterocycles. The molecule has 0 saturated heterocycles. The number of carbonyl (C=O) groups is 2. The largest absolute Gasteiger partial charge is 0.416 e. The standard InChI is InChI=1S/C25H24F3N3O2/c1-18-7-11-22(12-8-18)30-24(33)31(17-19-5-3-2-4-6-19)16-15-23(32)29-21-13-9-20(10-14-21)25(26,27)28/h2-14H,15-17H2,1H3,(H,29,32)(H,30,33). The van der Waals surface area contributed by atoms with Gasteiger partial charge >= 0.3 is 12.2 Å². The molecule has 0 bridgehead atoms. The molecule has 0 unspecified atom stereocenters. The average Bonchev–Trinajstić information content (AvgIpc) is 2.78. The van der Waals surface area contributed by atoms with Gasteiger partial charge in [-0.05, 0) is 48.9 Å². The third-order valence-corrected chi connectivity index (χ3v) is 4.91. The highest BCUT2D eigenvalue weighted by Crippen LogP contribution is 2.29. The van der Waals surface area contributed by atoms with E-state index in [2.05, 4.69) is 10.6 Å². The van der Waals surface area contributed by atoms with Gasteiger partial charge < -0.3 is 15.5 Å². The Balaban J connectivity index is 1.63. The van der Waals surface area contributed by atoms with Gasteiger partial charge in [0.05, 0.1) is 5.56 Å². The van der Waals surface area contributed by atoms with E-state index in [1.165, 1.54) is 17.0 Å². The summed E-state index contributed by atoms with van der Waals surface area (Å²) < 4.78 is 38.1. The summed E-state index contributed by atoms with van der Waals surface area (Å²) in [5.74, 6) is -0.407. The van der Waals surface area contributed by atoms with E-state index >= 15 is 0 Å². The van der Waals surface area contributed by atoms with E-state index in [1.807, 2.05) is 49.4 Å². The molecule has 0 atom stereocenters. The van der Waals surface area contributed by atoms with Gasteiger partial charge in [-0.2, -0.15) is 13.2 Å². The number of rotatable bonds is 7. The van der Waals surface area contributed by atoms with Crippen LogP contribution in [0.5, 0.6) is 0 Å². The fraction of sp³-hybridized carbons (Fsp3) is 0.200. The third kappa shape index (κ3) is 7.38. The van der Waals surface area contributed by atoms with Gasteiger partial charge in [0.1, 0.15) is 0 Å². The van der Waals surface area contributed by atoms with E-state index in [-0.39, 0.29) is 24.7 Å². The van der Waals surface area contributed by atoms with Crippen LogP contribution in [0.2, 0.25) is 0 Å². The van der Waals surface area contributed by atoms with Crippen LogP contribution in [-0.2, 0) is 17.5 Å². The molecule has 0 aliphatic heterocycles. The van der Waals surface area contributed by atoms with Gasteiger partial charge in [0.2, 0.25) is 5.91 Å². The molecule has 0 aliphatic carbocycles. The predicted octanol–water partition coefficient (Wildman–Crippen LogP) is 6.08. The maximum atomic E-state index is 12.9. The highest BCUT2D eigenvalue weighted by Gasteiger charge is 2.30. The van der Waals surface area contributed by atoms with Crippen LogP contribution in [0, 0.1) is 6.92 Å². The van der Waals surface area contributed by atoms with Gasteiger partial charge in [0.15, 0.2) is 0 Å². The minimum Gasteiger partial charge on any atom is -0.326 e. The Morgan fingerprint density at radius 2 is 1.39 bits per heavy atom. The first-order chi connectivity index (χ1) is 15.7. The summed E-state index contributed by atoms with van der Waals surface area (Å²) >= 11 is 0. The van der Waals surface area contributed by atoms with E-state index in [4.69, 9.17) is 0 Å². The second kappa shape index (κ2) is 10.7. The summed E-state index contributed by atoms with van der Waals surface area (Å²) in [6, 6.07) is 20.6. The molecular formula is C25H24F3N3O2. The van der Waals surface area contributed by atoms with Gasteiger partial charge in [-0.3, -0.25) is 4.79 Å². The lowest BCUT2D eigenvalue weighted by molar-refractivity contribution is -0.137. The molecule has 2 N–H and O–H groups in total. The van der Waals surface area contributed by atoms with Crippen LogP contribution in [0.25, 0.3) is 0 Å². The Kier molecular flexibility index (Phi) is 7.71. The highest BCUT2D eigenvalue weighted by molar-refractivity contribution is 5.92. The lowest BCUT2D eigenvalue weighted by atomic mass is 10.2. The topological polar surface area (TPSA) is 61.4 Å². The van der Waals surface area contributed by atoms with Crippen LogP contribution in [0.15, 0.2) is 78.9 Å². The summed E-state index contributed by atoms with van der Waals surface area (Å²) in [6.07, 6.45) is -4.46. The fourth-order valence-electron chi connectivity index (χ4n) is 3.10. The summed E-state index contributed by atoms with van der Waals surface area (Å²) in [5.41, 5.74) is 2.07. The van der Waals surface area contributed by atoms with Crippen molar-refractivity contribution in [2.45, 2.75) is 26.1 Å². The third-order valence-electron chi connectivity index (χ3n) is 4.91. The van der Waals surface area contributed by atoms with Gasteiger partial charge in [-0.15, -0.1) is 0 Å². The van der Waals surface area contributed by atoms with Crippen molar-refractivity contribution in [3.05, 3.63) is 95.6 Å². The number of hydrogen-bond donors (Lipinski definition) is 2. The van der Waals surface area contributed by atoms with Crippen LogP contribution in [-0.4, -0.2) is 23.4 Å². The lowest BCUT2D eigenvalue weighted by Gasteiger charge is -2.23. The maximum absolute atomic E-state index is 12.9. The van der Waals surface area contributed by atoms with Crippen LogP contribution >= 0.6 is 0 Å². The van der Waals surface area contributed by atoms with Crippen LogP contribution in [0.4, 0.5) is 29.3 Å². The zero-order valence-corrected chi connectivity index (χ0v) is 18.0. The molecule has 0 spiro atoms. The van der Waals surface area contributed by atoms with Crippen molar-refractivity contribution < 1.29 is 22.8 Å². The van der Waals surface area contributed by atoms with Crippen molar-refractivity contribution in [1.29, 1.82) is 0 Å². The van der Waals surface area contributed by atoms with Crippen molar-refractivity contribution in [3.63, 3.8) is 0 Å². The Morgan fingerprint density at radius 3 is 2.00 bits per heavy atom. The molecule has 5 nitrogen and oxygen atoms in total. The van der Waals surface area contributed by atoms with Gasteiger partial charge in [0.25, 0.3) is 0 Å². The van der Waals surface area contributed by atoms with Crippen LogP contribution in [0.1, 0.15) is 23.1 Å². The Labute approximate surface area is 190 Å². The number of halogens is 3. The van der Waals surface area contributed by atoms with Crippen molar-refractivity contribution in [2.75, 3.05) is 17.2 Å². The minimum atomic E-state index is -4.44. The number of benzene rings is 3. The van der Waals surface area contributed by atoms with Crippen molar-refractivity contribution >= 4 is 23.3 Å². The molecule has 0 radical (unpaired) electrons. The highest BCUT2D eigenvalue weighted by atomic mass is 19.4. The normalized spacial score (nSPS) is 11.0. The number of amides is 3. The monoisotopic (exact) mass is 455 g/mol. The molecule has 8 heteroatoms. The summed E-state index contributed by atoms with van der Waals surface area (Å²) in [6.45, 7) is 2.37. The van der Waals surface area contributed by atoms with E-state index in [1.54, 1.807) is 12.1 Å². The molecule has 0 fully saturated rings. The molecule has 172 valence electrons. The van der Waals surface area contributed by atoms with Crippen molar-refractivity contribution in [3.8, 4) is 0 Å².